The Labute approximate surface area is 130 Å². The van der Waals surface area contributed by atoms with Gasteiger partial charge in [-0.1, -0.05) is 0 Å². The Morgan fingerprint density at radius 1 is 1.50 bits per heavy atom. The molecule has 22 heavy (non-hydrogen) atoms. The van der Waals surface area contributed by atoms with Gasteiger partial charge in [-0.05, 0) is 38.3 Å². The monoisotopic (exact) mass is 310 g/mol. The van der Waals surface area contributed by atoms with Crippen molar-refractivity contribution in [1.29, 1.82) is 5.41 Å². The fraction of sp³-hybridized carbons (Fsp3) is 0.714. The normalized spacial score (nSPS) is 15.9. The number of nitrogens with zero attached hydrogens (tertiary/aromatic N) is 2. The number of amidine groups is 1. The molecule has 1 fully saturated rings. The number of hydrogen-bond acceptors (Lipinski definition) is 6. The summed E-state index contributed by atoms with van der Waals surface area (Å²) in [4.78, 5) is 4.13. The van der Waals surface area contributed by atoms with Crippen molar-refractivity contribution in [2.24, 2.45) is 11.7 Å². The van der Waals surface area contributed by atoms with Crippen LogP contribution in [0.3, 0.4) is 0 Å². The summed E-state index contributed by atoms with van der Waals surface area (Å²) in [6, 6.07) is 0.395. The van der Waals surface area contributed by atoms with E-state index in [2.05, 4.69) is 10.3 Å². The third-order valence-electron chi connectivity index (χ3n) is 3.92. The average molecular weight is 310 g/mol. The van der Waals surface area contributed by atoms with Crippen molar-refractivity contribution in [3.8, 4) is 6.01 Å². The summed E-state index contributed by atoms with van der Waals surface area (Å²) >= 11 is 0. The molecule has 0 amide bonds. The quantitative estimate of drug-likeness (QED) is 0.308. The molecule has 2 heterocycles. The fourth-order valence-corrected chi connectivity index (χ4v) is 2.63. The summed E-state index contributed by atoms with van der Waals surface area (Å²) in [7, 11) is 1.53. The molecule has 0 atom stereocenters. The van der Waals surface area contributed by atoms with Gasteiger partial charge in [0.2, 0.25) is 0 Å². The SMILES string of the molecule is COc1nc(C(=N)N)c(N)n1CCCNCC1CCOCC1. The summed E-state index contributed by atoms with van der Waals surface area (Å²) < 4.78 is 12.3. The van der Waals surface area contributed by atoms with E-state index in [1.807, 2.05) is 0 Å². The Kier molecular flexibility index (Phi) is 6.02. The molecular weight excluding hydrogens is 284 g/mol. The van der Waals surface area contributed by atoms with Crippen molar-refractivity contribution in [3.05, 3.63) is 5.69 Å². The highest BCUT2D eigenvalue weighted by molar-refractivity contribution is 5.97. The highest BCUT2D eigenvalue weighted by Crippen LogP contribution is 2.20. The minimum Gasteiger partial charge on any atom is -0.468 e. The van der Waals surface area contributed by atoms with E-state index in [0.29, 0.717) is 24.3 Å². The lowest BCUT2D eigenvalue weighted by Crippen LogP contribution is -2.28. The Balaban J connectivity index is 1.77. The van der Waals surface area contributed by atoms with Gasteiger partial charge in [-0.25, -0.2) is 0 Å². The standard InChI is InChI=1S/C14H26N6O2/c1-21-14-19-11(12(15)16)13(17)20(14)6-2-5-18-9-10-3-7-22-8-4-10/h10,18H,2-9,17H2,1H3,(H3,15,16). The Hall–Kier alpha value is -1.80. The van der Waals surface area contributed by atoms with Gasteiger partial charge in [-0.3, -0.25) is 9.98 Å². The first-order chi connectivity index (χ1) is 10.6. The molecule has 1 aliphatic rings. The zero-order valence-corrected chi connectivity index (χ0v) is 13.1. The average Bonchev–Trinajstić information content (AvgIpc) is 2.84. The van der Waals surface area contributed by atoms with Crippen molar-refractivity contribution >= 4 is 11.7 Å². The number of imidazole rings is 1. The number of rotatable bonds is 8. The number of anilines is 1. The topological polar surface area (TPSA) is 124 Å². The maximum atomic E-state index is 7.46. The van der Waals surface area contributed by atoms with Gasteiger partial charge in [0.05, 0.1) is 7.11 Å². The second-order valence-corrected chi connectivity index (χ2v) is 5.51. The molecule has 2 rings (SSSR count). The highest BCUT2D eigenvalue weighted by Gasteiger charge is 2.17. The summed E-state index contributed by atoms with van der Waals surface area (Å²) in [6.07, 6.45) is 3.17. The van der Waals surface area contributed by atoms with Crippen molar-refractivity contribution in [2.75, 3.05) is 39.1 Å². The van der Waals surface area contributed by atoms with Crippen LogP contribution in [-0.4, -0.2) is 48.8 Å². The van der Waals surface area contributed by atoms with Gasteiger partial charge in [-0.2, -0.15) is 4.98 Å². The van der Waals surface area contributed by atoms with Gasteiger partial charge < -0.3 is 26.3 Å². The van der Waals surface area contributed by atoms with E-state index in [0.717, 1.165) is 45.6 Å². The molecule has 0 aromatic carbocycles. The predicted molar refractivity (Wildman–Crippen MR) is 85.2 cm³/mol. The molecule has 124 valence electrons. The van der Waals surface area contributed by atoms with Gasteiger partial charge in [0.1, 0.15) is 11.7 Å². The summed E-state index contributed by atoms with van der Waals surface area (Å²) in [6.45, 7) is 4.36. The molecule has 0 unspecified atom stereocenters. The number of hydrogen-bond donors (Lipinski definition) is 4. The van der Waals surface area contributed by atoms with Gasteiger partial charge >= 0.3 is 0 Å². The molecule has 0 saturated carbocycles. The maximum absolute atomic E-state index is 7.46. The summed E-state index contributed by atoms with van der Waals surface area (Å²) in [5, 5.41) is 10.9. The van der Waals surface area contributed by atoms with Crippen LogP contribution in [-0.2, 0) is 11.3 Å². The van der Waals surface area contributed by atoms with Crippen LogP contribution in [0.4, 0.5) is 5.82 Å². The summed E-state index contributed by atoms with van der Waals surface area (Å²) in [5.74, 6) is 0.951. The third-order valence-corrected chi connectivity index (χ3v) is 3.92. The van der Waals surface area contributed by atoms with Crippen molar-refractivity contribution in [3.63, 3.8) is 0 Å². The molecule has 1 aliphatic heterocycles. The van der Waals surface area contributed by atoms with Gasteiger partial charge in [0, 0.05) is 19.8 Å². The number of nitrogen functional groups attached to an aromatic ring is 2. The molecule has 1 aromatic rings. The Morgan fingerprint density at radius 3 is 2.86 bits per heavy atom. The molecule has 0 aliphatic carbocycles. The zero-order chi connectivity index (χ0) is 15.9. The Bertz CT molecular complexity index is 496. The Morgan fingerprint density at radius 2 is 2.23 bits per heavy atom. The maximum Gasteiger partial charge on any atom is 0.298 e. The number of ether oxygens (including phenoxy) is 2. The second-order valence-electron chi connectivity index (χ2n) is 5.51. The van der Waals surface area contributed by atoms with E-state index in [4.69, 9.17) is 26.4 Å². The summed E-state index contributed by atoms with van der Waals surface area (Å²) in [5.41, 5.74) is 11.7. The number of aromatic nitrogens is 2. The zero-order valence-electron chi connectivity index (χ0n) is 13.1. The fourth-order valence-electron chi connectivity index (χ4n) is 2.63. The molecule has 1 saturated heterocycles. The lowest BCUT2D eigenvalue weighted by atomic mass is 10.0. The molecule has 1 aromatic heterocycles. The van der Waals surface area contributed by atoms with Crippen LogP contribution in [0.5, 0.6) is 6.01 Å². The third kappa shape index (κ3) is 4.11. The van der Waals surface area contributed by atoms with Gasteiger partial charge in [-0.15, -0.1) is 0 Å². The van der Waals surface area contributed by atoms with Crippen LogP contribution in [0, 0.1) is 11.3 Å². The largest absolute Gasteiger partial charge is 0.468 e. The van der Waals surface area contributed by atoms with E-state index in [1.54, 1.807) is 4.57 Å². The first-order valence-corrected chi connectivity index (χ1v) is 7.66. The smallest absolute Gasteiger partial charge is 0.298 e. The molecule has 8 nitrogen and oxygen atoms in total. The van der Waals surface area contributed by atoms with Gasteiger partial charge in [0.25, 0.3) is 6.01 Å². The van der Waals surface area contributed by atoms with E-state index in [-0.39, 0.29) is 11.5 Å². The molecule has 0 radical (unpaired) electrons. The number of nitrogens with one attached hydrogen (secondary N) is 2. The van der Waals surface area contributed by atoms with Crippen LogP contribution >= 0.6 is 0 Å². The molecule has 6 N–H and O–H groups in total. The molecule has 0 spiro atoms. The predicted octanol–water partition coefficient (Wildman–Crippen LogP) is 0.164. The van der Waals surface area contributed by atoms with Crippen molar-refractivity contribution in [1.82, 2.24) is 14.9 Å². The van der Waals surface area contributed by atoms with E-state index in [1.165, 1.54) is 7.11 Å². The van der Waals surface area contributed by atoms with Crippen LogP contribution < -0.4 is 21.5 Å². The number of nitrogens with two attached hydrogens (primary N) is 2. The number of methoxy groups -OCH3 is 1. The lowest BCUT2D eigenvalue weighted by molar-refractivity contribution is 0.0663. The van der Waals surface area contributed by atoms with Crippen LogP contribution in [0.1, 0.15) is 25.0 Å². The van der Waals surface area contributed by atoms with E-state index in [9.17, 15) is 0 Å². The minimum atomic E-state index is -0.146. The second kappa shape index (κ2) is 8.00. The molecule has 0 bridgehead atoms. The lowest BCUT2D eigenvalue weighted by Gasteiger charge is -2.22. The van der Waals surface area contributed by atoms with Crippen molar-refractivity contribution < 1.29 is 9.47 Å². The minimum absolute atomic E-state index is 0.146. The van der Waals surface area contributed by atoms with Gasteiger partial charge in [0.15, 0.2) is 5.69 Å². The first-order valence-electron chi connectivity index (χ1n) is 7.66. The van der Waals surface area contributed by atoms with Crippen LogP contribution in [0.2, 0.25) is 0 Å². The van der Waals surface area contributed by atoms with Crippen LogP contribution in [0.15, 0.2) is 0 Å². The van der Waals surface area contributed by atoms with E-state index < -0.39 is 0 Å². The van der Waals surface area contributed by atoms with Crippen LogP contribution in [0.25, 0.3) is 0 Å². The van der Waals surface area contributed by atoms with E-state index >= 15 is 0 Å². The molecular formula is C14H26N6O2. The highest BCUT2D eigenvalue weighted by atomic mass is 16.5. The van der Waals surface area contributed by atoms with Crippen molar-refractivity contribution in [2.45, 2.75) is 25.8 Å². The molecule has 8 heteroatoms. The first kappa shape index (κ1) is 16.6.